The van der Waals surface area contributed by atoms with Gasteiger partial charge < -0.3 is 15.0 Å². The summed E-state index contributed by atoms with van der Waals surface area (Å²) in [5.41, 5.74) is 2.98. The minimum atomic E-state index is -0.149. The van der Waals surface area contributed by atoms with Crippen molar-refractivity contribution in [2.45, 2.75) is 32.1 Å². The van der Waals surface area contributed by atoms with Gasteiger partial charge in [-0.15, -0.1) is 0 Å². The molecule has 1 unspecified atom stereocenters. The Morgan fingerprint density at radius 2 is 2.00 bits per heavy atom. The minimum Gasteiger partial charge on any atom is -0.493 e. The fourth-order valence-corrected chi connectivity index (χ4v) is 4.50. The third kappa shape index (κ3) is 4.40. The van der Waals surface area contributed by atoms with Crippen molar-refractivity contribution in [1.29, 1.82) is 0 Å². The highest BCUT2D eigenvalue weighted by Crippen LogP contribution is 2.42. The third-order valence-electron chi connectivity index (χ3n) is 5.83. The molecule has 29 heavy (non-hydrogen) atoms. The fourth-order valence-electron chi connectivity index (χ4n) is 4.33. The van der Waals surface area contributed by atoms with Crippen molar-refractivity contribution in [3.8, 4) is 5.75 Å². The molecule has 1 saturated heterocycles. The van der Waals surface area contributed by atoms with Crippen LogP contribution in [-0.4, -0.2) is 36.4 Å². The van der Waals surface area contributed by atoms with Crippen molar-refractivity contribution in [3.63, 3.8) is 0 Å². The number of likely N-dealkylation sites (tertiary alicyclic amines) is 1. The fraction of sp³-hybridized carbons (Fsp3) is 0.391. The minimum absolute atomic E-state index is 0.0404. The number of benzene rings is 2. The molecule has 1 fully saturated rings. The summed E-state index contributed by atoms with van der Waals surface area (Å²) in [6.45, 7) is 3.75. The van der Waals surface area contributed by atoms with E-state index >= 15 is 0 Å². The quantitative estimate of drug-likeness (QED) is 0.792. The number of ether oxygens (including phenoxy) is 1. The average molecular weight is 413 g/mol. The molecule has 4 rings (SSSR count). The van der Waals surface area contributed by atoms with Crippen molar-refractivity contribution < 1.29 is 14.3 Å². The molecule has 0 saturated carbocycles. The number of carbonyl (C=O) groups is 2. The van der Waals surface area contributed by atoms with E-state index in [1.54, 1.807) is 0 Å². The van der Waals surface area contributed by atoms with Crippen LogP contribution < -0.4 is 10.1 Å². The molecule has 0 spiro atoms. The topological polar surface area (TPSA) is 58.6 Å². The number of amides is 2. The summed E-state index contributed by atoms with van der Waals surface area (Å²) in [5.74, 6) is 1.04. The first-order chi connectivity index (χ1) is 14.0. The van der Waals surface area contributed by atoms with Gasteiger partial charge in [0.25, 0.3) is 0 Å². The highest BCUT2D eigenvalue weighted by molar-refractivity contribution is 6.31. The van der Waals surface area contributed by atoms with Crippen LogP contribution in [0.1, 0.15) is 36.3 Å². The van der Waals surface area contributed by atoms with E-state index < -0.39 is 0 Å². The van der Waals surface area contributed by atoms with E-state index in [4.69, 9.17) is 16.3 Å². The Bertz CT molecular complexity index is 922. The van der Waals surface area contributed by atoms with E-state index in [2.05, 4.69) is 5.32 Å². The van der Waals surface area contributed by atoms with Gasteiger partial charge in [-0.3, -0.25) is 9.59 Å². The molecule has 6 heteroatoms. The lowest BCUT2D eigenvalue weighted by Crippen LogP contribution is -2.41. The Hall–Kier alpha value is -2.53. The highest BCUT2D eigenvalue weighted by atomic mass is 35.5. The van der Waals surface area contributed by atoms with Gasteiger partial charge in [0, 0.05) is 23.8 Å². The van der Waals surface area contributed by atoms with Crippen molar-refractivity contribution in [2.24, 2.45) is 5.92 Å². The van der Waals surface area contributed by atoms with Crippen LogP contribution >= 0.6 is 11.6 Å². The molecular weight excluding hydrogens is 388 g/mol. The summed E-state index contributed by atoms with van der Waals surface area (Å²) in [6, 6.07) is 13.4. The molecule has 2 aliphatic rings. The Labute approximate surface area is 176 Å². The maximum absolute atomic E-state index is 12.5. The van der Waals surface area contributed by atoms with E-state index in [0.29, 0.717) is 31.1 Å². The summed E-state index contributed by atoms with van der Waals surface area (Å²) >= 11 is 6.04. The van der Waals surface area contributed by atoms with Gasteiger partial charge in [-0.25, -0.2) is 0 Å². The van der Waals surface area contributed by atoms with Crippen molar-refractivity contribution in [2.75, 3.05) is 25.0 Å². The second kappa shape index (κ2) is 8.46. The number of halogens is 1. The molecule has 0 bridgehead atoms. The summed E-state index contributed by atoms with van der Waals surface area (Å²) in [6.07, 6.45) is 2.01. The molecule has 1 N–H and O–H groups in total. The number of fused-ring (bicyclic) bond motifs is 1. The van der Waals surface area contributed by atoms with E-state index in [0.717, 1.165) is 35.4 Å². The lowest BCUT2D eigenvalue weighted by Gasteiger charge is -2.34. The van der Waals surface area contributed by atoms with Crippen LogP contribution in [0.15, 0.2) is 42.5 Å². The Morgan fingerprint density at radius 3 is 2.76 bits per heavy atom. The third-order valence-corrected chi connectivity index (χ3v) is 6.06. The maximum atomic E-state index is 12.5. The normalized spacial score (nSPS) is 19.0. The first-order valence-corrected chi connectivity index (χ1v) is 10.5. The number of hydrogen-bond donors (Lipinski definition) is 1. The molecule has 2 aromatic rings. The van der Waals surface area contributed by atoms with Crippen LogP contribution in [0.25, 0.3) is 0 Å². The predicted molar refractivity (Wildman–Crippen MR) is 113 cm³/mol. The largest absolute Gasteiger partial charge is 0.493 e. The van der Waals surface area contributed by atoms with Gasteiger partial charge in [0.1, 0.15) is 5.75 Å². The molecule has 0 radical (unpaired) electrons. The molecular formula is C23H25ClN2O3. The predicted octanol–water partition coefficient (Wildman–Crippen LogP) is 4.39. The van der Waals surface area contributed by atoms with Crippen LogP contribution in [0.3, 0.4) is 0 Å². The molecule has 2 aromatic carbocycles. The lowest BCUT2D eigenvalue weighted by atomic mass is 9.80. The zero-order valence-electron chi connectivity index (χ0n) is 16.5. The van der Waals surface area contributed by atoms with Crippen LogP contribution in [0, 0.1) is 12.8 Å². The number of nitrogens with zero attached hydrogens (tertiary/aromatic N) is 1. The highest BCUT2D eigenvalue weighted by Gasteiger charge is 2.38. The Kier molecular flexibility index (Phi) is 5.76. The van der Waals surface area contributed by atoms with Crippen molar-refractivity contribution >= 4 is 29.1 Å². The number of carbonyl (C=O) groups excluding carboxylic acids is 2. The molecule has 2 amide bonds. The smallest absolute Gasteiger partial charge is 0.232 e. The SMILES string of the molecule is Cc1cccc(OCCC(=O)N2CCC(C3C(=O)Nc4cc(Cl)ccc43)CC2)c1. The number of aryl methyl sites for hydroxylation is 1. The lowest BCUT2D eigenvalue weighted by molar-refractivity contribution is -0.133. The zero-order valence-corrected chi connectivity index (χ0v) is 17.2. The second-order valence-corrected chi connectivity index (χ2v) is 8.27. The van der Waals surface area contributed by atoms with E-state index in [-0.39, 0.29) is 23.7 Å². The summed E-state index contributed by atoms with van der Waals surface area (Å²) in [4.78, 5) is 26.9. The number of anilines is 1. The first kappa shape index (κ1) is 19.8. The van der Waals surface area contributed by atoms with Crippen molar-refractivity contribution in [3.05, 3.63) is 58.6 Å². The van der Waals surface area contributed by atoms with E-state index in [1.807, 2.05) is 54.3 Å². The summed E-state index contributed by atoms with van der Waals surface area (Å²) in [7, 11) is 0. The summed E-state index contributed by atoms with van der Waals surface area (Å²) < 4.78 is 5.70. The van der Waals surface area contributed by atoms with E-state index in [9.17, 15) is 9.59 Å². The molecule has 2 aliphatic heterocycles. The molecule has 0 aromatic heterocycles. The number of rotatable bonds is 5. The van der Waals surface area contributed by atoms with Crippen LogP contribution in [-0.2, 0) is 9.59 Å². The second-order valence-electron chi connectivity index (χ2n) is 7.83. The van der Waals surface area contributed by atoms with Gasteiger partial charge in [0.05, 0.1) is 18.9 Å². The van der Waals surface area contributed by atoms with Gasteiger partial charge in [0.2, 0.25) is 11.8 Å². The number of hydrogen-bond acceptors (Lipinski definition) is 3. The summed E-state index contributed by atoms with van der Waals surface area (Å²) in [5, 5.41) is 3.57. The average Bonchev–Trinajstić information content (AvgIpc) is 3.03. The Morgan fingerprint density at radius 1 is 1.21 bits per heavy atom. The molecule has 2 heterocycles. The maximum Gasteiger partial charge on any atom is 0.232 e. The monoisotopic (exact) mass is 412 g/mol. The molecule has 5 nitrogen and oxygen atoms in total. The van der Waals surface area contributed by atoms with Crippen molar-refractivity contribution in [1.82, 2.24) is 4.90 Å². The van der Waals surface area contributed by atoms with E-state index in [1.165, 1.54) is 0 Å². The van der Waals surface area contributed by atoms with Crippen LogP contribution in [0.2, 0.25) is 5.02 Å². The molecule has 1 atom stereocenters. The van der Waals surface area contributed by atoms with Gasteiger partial charge in [0.15, 0.2) is 0 Å². The first-order valence-electron chi connectivity index (χ1n) is 10.1. The number of piperidine rings is 1. The van der Waals surface area contributed by atoms with Gasteiger partial charge in [-0.2, -0.15) is 0 Å². The molecule has 152 valence electrons. The van der Waals surface area contributed by atoms with Gasteiger partial charge >= 0.3 is 0 Å². The zero-order chi connectivity index (χ0) is 20.4. The van der Waals surface area contributed by atoms with Crippen LogP contribution in [0.5, 0.6) is 5.75 Å². The Balaban J connectivity index is 1.28. The number of nitrogens with one attached hydrogen (secondary N) is 1. The van der Waals surface area contributed by atoms with Gasteiger partial charge in [-0.1, -0.05) is 29.8 Å². The standard InChI is InChI=1S/C23H25ClN2O3/c1-15-3-2-4-18(13-15)29-12-9-21(27)26-10-7-16(8-11-26)22-19-6-5-17(24)14-20(19)25-23(22)28/h2-6,13-14,16,22H,7-12H2,1H3,(H,25,28). The van der Waals surface area contributed by atoms with Gasteiger partial charge in [-0.05, 0) is 61.1 Å². The van der Waals surface area contributed by atoms with Crippen LogP contribution in [0.4, 0.5) is 5.69 Å². The molecule has 0 aliphatic carbocycles.